The maximum Gasteiger partial charge on any atom is 0.191 e. The van der Waals surface area contributed by atoms with E-state index in [9.17, 15) is 0 Å². The molecule has 5 nitrogen and oxygen atoms in total. The fourth-order valence-corrected chi connectivity index (χ4v) is 2.92. The van der Waals surface area contributed by atoms with Gasteiger partial charge < -0.3 is 15.2 Å². The largest absolute Gasteiger partial charge is 0.361 e. The molecule has 1 heterocycles. The van der Waals surface area contributed by atoms with E-state index in [1.807, 2.05) is 20.9 Å². The van der Waals surface area contributed by atoms with Gasteiger partial charge in [0, 0.05) is 31.1 Å². The number of guanidine groups is 1. The second-order valence-corrected chi connectivity index (χ2v) is 6.49. The molecule has 0 bridgehead atoms. The van der Waals surface area contributed by atoms with Crippen molar-refractivity contribution in [1.82, 2.24) is 15.8 Å². The summed E-state index contributed by atoms with van der Waals surface area (Å²) in [6.45, 7) is 11.4. The van der Waals surface area contributed by atoms with Gasteiger partial charge >= 0.3 is 0 Å². The summed E-state index contributed by atoms with van der Waals surface area (Å²) in [5.74, 6) is 2.11. The molecule has 0 aliphatic rings. The number of aliphatic imine (C=N–C) groups is 1. The molecule has 0 spiro atoms. The Morgan fingerprint density at radius 2 is 1.96 bits per heavy atom. The lowest BCUT2D eigenvalue weighted by Crippen LogP contribution is -2.43. The Hall–Kier alpha value is -1.52. The normalized spacial score (nSPS) is 14.6. The second-order valence-electron chi connectivity index (χ2n) is 6.49. The van der Waals surface area contributed by atoms with Crippen LogP contribution in [0, 0.1) is 13.8 Å². The predicted octanol–water partition coefficient (Wildman–Crippen LogP) is 3.92. The summed E-state index contributed by atoms with van der Waals surface area (Å²) in [6.07, 6.45) is 6.38. The van der Waals surface area contributed by atoms with Gasteiger partial charge in [-0.25, -0.2) is 0 Å². The molecule has 0 aliphatic heterocycles. The first-order valence-electron chi connectivity index (χ1n) is 8.89. The van der Waals surface area contributed by atoms with Crippen molar-refractivity contribution in [3.8, 4) is 0 Å². The van der Waals surface area contributed by atoms with Crippen LogP contribution in [0.5, 0.6) is 0 Å². The number of rotatable bonds is 9. The topological polar surface area (TPSA) is 62.5 Å². The molecule has 2 N–H and O–H groups in total. The molecule has 0 saturated heterocycles. The highest BCUT2D eigenvalue weighted by Crippen LogP contribution is 2.22. The lowest BCUT2D eigenvalue weighted by molar-refractivity contribution is 0.391. The van der Waals surface area contributed by atoms with Crippen molar-refractivity contribution in [2.45, 2.75) is 78.7 Å². The minimum absolute atomic E-state index is 0.333. The third kappa shape index (κ3) is 6.63. The molecule has 0 amide bonds. The predicted molar refractivity (Wildman–Crippen MR) is 97.1 cm³/mol. The van der Waals surface area contributed by atoms with Crippen LogP contribution in [0.2, 0.25) is 0 Å². The fourth-order valence-electron chi connectivity index (χ4n) is 2.92. The maximum absolute atomic E-state index is 5.25. The van der Waals surface area contributed by atoms with Crippen molar-refractivity contribution in [2.75, 3.05) is 13.6 Å². The summed E-state index contributed by atoms with van der Waals surface area (Å²) in [5.41, 5.74) is 2.17. The average Bonchev–Trinajstić information content (AvgIpc) is 2.86. The van der Waals surface area contributed by atoms with Crippen LogP contribution in [0.25, 0.3) is 0 Å². The molecule has 0 aromatic carbocycles. The second kappa shape index (κ2) is 10.3. The van der Waals surface area contributed by atoms with Crippen molar-refractivity contribution in [3.05, 3.63) is 17.0 Å². The summed E-state index contributed by atoms with van der Waals surface area (Å²) >= 11 is 0. The van der Waals surface area contributed by atoms with E-state index in [1.165, 1.54) is 37.7 Å². The smallest absolute Gasteiger partial charge is 0.191 e. The van der Waals surface area contributed by atoms with E-state index in [0.717, 1.165) is 24.0 Å². The van der Waals surface area contributed by atoms with Crippen LogP contribution >= 0.6 is 0 Å². The Morgan fingerprint density at radius 3 is 2.52 bits per heavy atom. The molecule has 0 fully saturated rings. The molecule has 23 heavy (non-hydrogen) atoms. The van der Waals surface area contributed by atoms with Crippen LogP contribution in [-0.2, 0) is 0 Å². The van der Waals surface area contributed by atoms with Gasteiger partial charge in [-0.2, -0.15) is 0 Å². The molecule has 1 aromatic rings. The quantitative estimate of drug-likeness (QED) is 0.411. The fraction of sp³-hybridized carbons (Fsp3) is 0.778. The summed E-state index contributed by atoms with van der Waals surface area (Å²) in [4.78, 5) is 4.33. The number of hydrogen-bond acceptors (Lipinski definition) is 3. The summed E-state index contributed by atoms with van der Waals surface area (Å²) < 4.78 is 5.25. The number of aryl methyl sites for hydroxylation is 2. The van der Waals surface area contributed by atoms with Gasteiger partial charge in [-0.15, -0.1) is 0 Å². The Labute approximate surface area is 141 Å². The van der Waals surface area contributed by atoms with Crippen LogP contribution in [0.4, 0.5) is 0 Å². The zero-order valence-electron chi connectivity index (χ0n) is 15.7. The van der Waals surface area contributed by atoms with Gasteiger partial charge in [-0.3, -0.25) is 4.99 Å². The maximum atomic E-state index is 5.25. The highest BCUT2D eigenvalue weighted by molar-refractivity contribution is 5.79. The Kier molecular flexibility index (Phi) is 8.74. The minimum Gasteiger partial charge on any atom is -0.361 e. The molecule has 2 atom stereocenters. The molecular weight excluding hydrogens is 288 g/mol. The van der Waals surface area contributed by atoms with Gasteiger partial charge in [-0.1, -0.05) is 44.7 Å². The lowest BCUT2D eigenvalue weighted by Gasteiger charge is -2.20. The average molecular weight is 322 g/mol. The monoisotopic (exact) mass is 322 g/mol. The molecule has 0 saturated carbocycles. The van der Waals surface area contributed by atoms with Gasteiger partial charge in [0.25, 0.3) is 0 Å². The van der Waals surface area contributed by atoms with Crippen LogP contribution in [-0.4, -0.2) is 30.8 Å². The molecule has 2 unspecified atom stereocenters. The van der Waals surface area contributed by atoms with E-state index < -0.39 is 0 Å². The first kappa shape index (κ1) is 19.5. The van der Waals surface area contributed by atoms with E-state index in [4.69, 9.17) is 4.52 Å². The van der Waals surface area contributed by atoms with E-state index in [1.54, 1.807) is 0 Å². The molecule has 132 valence electrons. The zero-order chi connectivity index (χ0) is 17.2. The first-order chi connectivity index (χ1) is 11.0. The van der Waals surface area contributed by atoms with E-state index in [-0.39, 0.29) is 0 Å². The van der Waals surface area contributed by atoms with Gasteiger partial charge in [-0.05, 0) is 27.2 Å². The van der Waals surface area contributed by atoms with Gasteiger partial charge in [0.05, 0.1) is 5.69 Å². The van der Waals surface area contributed by atoms with Crippen molar-refractivity contribution >= 4 is 5.96 Å². The molecule has 0 radical (unpaired) electrons. The molecule has 1 rings (SSSR count). The molecule has 0 aliphatic carbocycles. The SMILES string of the molecule is CCCCCCC(C)NC(=NC)NCC(C)c1c(C)noc1C. The lowest BCUT2D eigenvalue weighted by atomic mass is 10.00. The standard InChI is InChI=1S/C18H34N4O/c1-7-8-9-10-11-14(3)21-18(19-6)20-12-13(2)17-15(4)22-23-16(17)5/h13-14H,7-12H2,1-6H3,(H2,19,20,21). The number of aromatic nitrogens is 1. The van der Waals surface area contributed by atoms with E-state index >= 15 is 0 Å². The Morgan fingerprint density at radius 1 is 1.22 bits per heavy atom. The summed E-state index contributed by atoms with van der Waals surface area (Å²) in [6, 6.07) is 0.437. The van der Waals surface area contributed by atoms with Crippen LogP contribution in [0.1, 0.15) is 75.8 Å². The number of nitrogens with zero attached hydrogens (tertiary/aromatic N) is 2. The van der Waals surface area contributed by atoms with Gasteiger partial charge in [0.15, 0.2) is 5.96 Å². The van der Waals surface area contributed by atoms with Crippen LogP contribution < -0.4 is 10.6 Å². The number of nitrogens with one attached hydrogen (secondary N) is 2. The van der Waals surface area contributed by atoms with Gasteiger partial charge in [0.1, 0.15) is 5.76 Å². The minimum atomic E-state index is 0.333. The van der Waals surface area contributed by atoms with Crippen LogP contribution in [0.3, 0.4) is 0 Å². The third-order valence-corrected chi connectivity index (χ3v) is 4.25. The van der Waals surface area contributed by atoms with E-state index in [2.05, 4.69) is 41.6 Å². The van der Waals surface area contributed by atoms with Crippen LogP contribution in [0.15, 0.2) is 9.52 Å². The zero-order valence-corrected chi connectivity index (χ0v) is 15.7. The Balaban J connectivity index is 2.39. The molecular formula is C18H34N4O. The third-order valence-electron chi connectivity index (χ3n) is 4.25. The molecule has 5 heteroatoms. The summed E-state index contributed by atoms with van der Waals surface area (Å²) in [5, 5.41) is 10.9. The number of unbranched alkanes of at least 4 members (excludes halogenated alkanes) is 3. The highest BCUT2D eigenvalue weighted by atomic mass is 16.5. The van der Waals surface area contributed by atoms with Crippen molar-refractivity contribution in [3.63, 3.8) is 0 Å². The molecule has 1 aromatic heterocycles. The summed E-state index contributed by atoms with van der Waals surface area (Å²) in [7, 11) is 1.82. The van der Waals surface area contributed by atoms with Crippen molar-refractivity contribution in [2.24, 2.45) is 4.99 Å². The Bertz CT molecular complexity index is 462. The van der Waals surface area contributed by atoms with Crippen molar-refractivity contribution < 1.29 is 4.52 Å². The van der Waals surface area contributed by atoms with E-state index in [0.29, 0.717) is 12.0 Å². The number of hydrogen-bond donors (Lipinski definition) is 2. The van der Waals surface area contributed by atoms with Crippen molar-refractivity contribution in [1.29, 1.82) is 0 Å². The highest BCUT2D eigenvalue weighted by Gasteiger charge is 2.16. The first-order valence-corrected chi connectivity index (χ1v) is 8.89. The van der Waals surface area contributed by atoms with Gasteiger partial charge in [0.2, 0.25) is 0 Å².